The summed E-state index contributed by atoms with van der Waals surface area (Å²) in [6, 6.07) is 11.0. The van der Waals surface area contributed by atoms with E-state index in [2.05, 4.69) is 4.74 Å². The molecule has 7 heteroatoms. The number of esters is 1. The Morgan fingerprint density at radius 3 is 2.64 bits per heavy atom. The summed E-state index contributed by atoms with van der Waals surface area (Å²) in [6.07, 6.45) is -0.00900. The van der Waals surface area contributed by atoms with Crippen molar-refractivity contribution >= 4 is 23.3 Å². The summed E-state index contributed by atoms with van der Waals surface area (Å²) in [5, 5.41) is 11.2. The lowest BCUT2D eigenvalue weighted by Gasteiger charge is -2.11. The highest BCUT2D eigenvalue weighted by Crippen LogP contribution is 2.38. The summed E-state index contributed by atoms with van der Waals surface area (Å²) >= 11 is 5.99. The molecule has 2 aromatic rings. The molecule has 0 aliphatic rings. The Balaban J connectivity index is 2.40. The summed E-state index contributed by atoms with van der Waals surface area (Å²) in [4.78, 5) is 21.9. The van der Waals surface area contributed by atoms with Crippen molar-refractivity contribution in [2.24, 2.45) is 0 Å². The highest BCUT2D eigenvalue weighted by Gasteiger charge is 2.20. The Hall–Kier alpha value is -2.60. The number of para-hydroxylation sites is 2. The quantitative estimate of drug-likeness (QED) is 0.476. The maximum atomic E-state index is 11.4. The summed E-state index contributed by atoms with van der Waals surface area (Å²) in [5.41, 5.74) is 0.295. The fraction of sp³-hybridized carbons (Fsp3) is 0.133. The average Bonchev–Trinajstić information content (AvgIpc) is 2.50. The van der Waals surface area contributed by atoms with Crippen molar-refractivity contribution in [1.82, 2.24) is 0 Å². The van der Waals surface area contributed by atoms with Crippen LogP contribution in [0.2, 0.25) is 5.02 Å². The second kappa shape index (κ2) is 6.91. The molecule has 2 rings (SSSR count). The minimum Gasteiger partial charge on any atom is -0.469 e. The van der Waals surface area contributed by atoms with Crippen LogP contribution in [0.3, 0.4) is 0 Å². The molecule has 0 amide bonds. The normalized spacial score (nSPS) is 10.1. The van der Waals surface area contributed by atoms with Gasteiger partial charge in [-0.25, -0.2) is 0 Å². The Morgan fingerprint density at radius 2 is 1.95 bits per heavy atom. The van der Waals surface area contributed by atoms with E-state index in [0.29, 0.717) is 11.3 Å². The number of benzene rings is 2. The molecule has 0 aliphatic carbocycles. The fourth-order valence-corrected chi connectivity index (χ4v) is 2.04. The zero-order chi connectivity index (χ0) is 16.1. The second-order valence-corrected chi connectivity index (χ2v) is 4.72. The number of nitro groups is 1. The van der Waals surface area contributed by atoms with Crippen LogP contribution in [-0.4, -0.2) is 18.0 Å². The molecule has 0 unspecified atom stereocenters. The SMILES string of the molecule is COC(=O)Cc1ccccc1Oc1c(Cl)cccc1[N+](=O)[O-]. The van der Waals surface area contributed by atoms with Crippen molar-refractivity contribution in [3.63, 3.8) is 0 Å². The monoisotopic (exact) mass is 321 g/mol. The van der Waals surface area contributed by atoms with Crippen molar-refractivity contribution in [3.05, 3.63) is 63.2 Å². The molecule has 2 aromatic carbocycles. The molecule has 0 saturated carbocycles. The van der Waals surface area contributed by atoms with Gasteiger partial charge in [-0.3, -0.25) is 14.9 Å². The van der Waals surface area contributed by atoms with Crippen LogP contribution in [0, 0.1) is 10.1 Å². The van der Waals surface area contributed by atoms with Crippen LogP contribution in [-0.2, 0) is 16.0 Å². The number of methoxy groups -OCH3 is 1. The molecule has 0 spiro atoms. The van der Waals surface area contributed by atoms with Gasteiger partial charge in [0.15, 0.2) is 0 Å². The number of carbonyl (C=O) groups excluding carboxylic acids is 1. The van der Waals surface area contributed by atoms with Gasteiger partial charge in [0.25, 0.3) is 0 Å². The van der Waals surface area contributed by atoms with E-state index in [1.54, 1.807) is 24.3 Å². The number of ether oxygens (including phenoxy) is 2. The van der Waals surface area contributed by atoms with Crippen LogP contribution >= 0.6 is 11.6 Å². The summed E-state index contributed by atoms with van der Waals surface area (Å²) in [7, 11) is 1.28. The van der Waals surface area contributed by atoms with Crippen LogP contribution in [0.15, 0.2) is 42.5 Å². The van der Waals surface area contributed by atoms with E-state index in [1.807, 2.05) is 0 Å². The zero-order valence-electron chi connectivity index (χ0n) is 11.6. The van der Waals surface area contributed by atoms with Gasteiger partial charge in [-0.1, -0.05) is 35.9 Å². The minimum absolute atomic E-state index is 0.00900. The minimum atomic E-state index is -0.579. The summed E-state index contributed by atoms with van der Waals surface area (Å²) in [5.74, 6) is -0.194. The standard InChI is InChI=1S/C15H12ClNO5/c1-21-14(18)9-10-5-2-3-8-13(10)22-15-11(16)6-4-7-12(15)17(19)20/h2-8H,9H2,1H3. The first-order chi connectivity index (χ1) is 10.5. The van der Waals surface area contributed by atoms with E-state index < -0.39 is 10.9 Å². The number of hydrogen-bond acceptors (Lipinski definition) is 5. The lowest BCUT2D eigenvalue weighted by atomic mass is 10.1. The van der Waals surface area contributed by atoms with Crippen LogP contribution in [0.5, 0.6) is 11.5 Å². The third-order valence-corrected chi connectivity index (χ3v) is 3.19. The van der Waals surface area contributed by atoms with Crippen molar-refractivity contribution in [2.45, 2.75) is 6.42 Å². The number of hydrogen-bond donors (Lipinski definition) is 0. The topological polar surface area (TPSA) is 78.7 Å². The number of halogens is 1. The number of nitro benzene ring substituents is 1. The van der Waals surface area contributed by atoms with Gasteiger partial charge in [-0.15, -0.1) is 0 Å². The average molecular weight is 322 g/mol. The molecule has 0 radical (unpaired) electrons. The molecular weight excluding hydrogens is 310 g/mol. The molecule has 0 fully saturated rings. The second-order valence-electron chi connectivity index (χ2n) is 4.31. The predicted molar refractivity (Wildman–Crippen MR) is 80.3 cm³/mol. The summed E-state index contributed by atoms with van der Waals surface area (Å²) in [6.45, 7) is 0. The molecule has 6 nitrogen and oxygen atoms in total. The first kappa shape index (κ1) is 15.8. The van der Waals surface area contributed by atoms with Gasteiger partial charge in [0.05, 0.1) is 23.5 Å². The molecule has 0 N–H and O–H groups in total. The van der Waals surface area contributed by atoms with Crippen LogP contribution in [0.25, 0.3) is 0 Å². The van der Waals surface area contributed by atoms with Gasteiger partial charge in [-0.2, -0.15) is 0 Å². The van der Waals surface area contributed by atoms with Gasteiger partial charge >= 0.3 is 11.7 Å². The first-order valence-corrected chi connectivity index (χ1v) is 6.66. The van der Waals surface area contributed by atoms with Crippen molar-refractivity contribution in [1.29, 1.82) is 0 Å². The molecule has 0 atom stereocenters. The lowest BCUT2D eigenvalue weighted by Crippen LogP contribution is -2.06. The Labute approximate surface area is 131 Å². The van der Waals surface area contributed by atoms with Crippen LogP contribution in [0.4, 0.5) is 5.69 Å². The van der Waals surface area contributed by atoms with E-state index in [9.17, 15) is 14.9 Å². The van der Waals surface area contributed by atoms with Crippen LogP contribution in [0.1, 0.15) is 5.56 Å². The van der Waals surface area contributed by atoms with Crippen molar-refractivity contribution < 1.29 is 19.2 Å². The van der Waals surface area contributed by atoms with Gasteiger partial charge in [0.1, 0.15) is 5.75 Å². The van der Waals surface area contributed by atoms with E-state index in [0.717, 1.165) is 0 Å². The van der Waals surface area contributed by atoms with E-state index in [-0.39, 0.29) is 22.9 Å². The Bertz CT molecular complexity index is 717. The smallest absolute Gasteiger partial charge is 0.313 e. The van der Waals surface area contributed by atoms with E-state index >= 15 is 0 Å². The maximum Gasteiger partial charge on any atom is 0.313 e. The summed E-state index contributed by atoms with van der Waals surface area (Å²) < 4.78 is 10.2. The van der Waals surface area contributed by atoms with Gasteiger partial charge in [0, 0.05) is 11.6 Å². The number of carbonyl (C=O) groups is 1. The number of nitrogens with zero attached hydrogens (tertiary/aromatic N) is 1. The third kappa shape index (κ3) is 3.53. The Kier molecular flexibility index (Phi) is 4.95. The molecule has 0 aromatic heterocycles. The maximum absolute atomic E-state index is 11.4. The molecule has 0 saturated heterocycles. The molecule has 22 heavy (non-hydrogen) atoms. The van der Waals surface area contributed by atoms with Gasteiger partial charge in [0.2, 0.25) is 5.75 Å². The molecular formula is C15H12ClNO5. The van der Waals surface area contributed by atoms with Gasteiger partial charge < -0.3 is 9.47 Å². The molecule has 0 aliphatic heterocycles. The predicted octanol–water partition coefficient (Wildman–Crippen LogP) is 3.76. The molecule has 114 valence electrons. The van der Waals surface area contributed by atoms with Crippen molar-refractivity contribution in [3.8, 4) is 11.5 Å². The number of rotatable bonds is 5. The zero-order valence-corrected chi connectivity index (χ0v) is 12.4. The molecule has 0 bridgehead atoms. The van der Waals surface area contributed by atoms with Crippen molar-refractivity contribution in [2.75, 3.05) is 7.11 Å². The van der Waals surface area contributed by atoms with E-state index in [4.69, 9.17) is 16.3 Å². The third-order valence-electron chi connectivity index (χ3n) is 2.89. The lowest BCUT2D eigenvalue weighted by molar-refractivity contribution is -0.385. The fourth-order valence-electron chi connectivity index (χ4n) is 1.83. The van der Waals surface area contributed by atoms with Gasteiger partial charge in [-0.05, 0) is 12.1 Å². The first-order valence-electron chi connectivity index (χ1n) is 6.28. The molecule has 0 heterocycles. The largest absolute Gasteiger partial charge is 0.469 e. The Morgan fingerprint density at radius 1 is 1.23 bits per heavy atom. The van der Waals surface area contributed by atoms with Crippen LogP contribution < -0.4 is 4.74 Å². The highest BCUT2D eigenvalue weighted by molar-refractivity contribution is 6.32. The van der Waals surface area contributed by atoms with E-state index in [1.165, 1.54) is 25.3 Å². The highest BCUT2D eigenvalue weighted by atomic mass is 35.5.